The fourth-order valence-corrected chi connectivity index (χ4v) is 6.22. The molecule has 4 aromatic heterocycles. The van der Waals surface area contributed by atoms with E-state index >= 15 is 0 Å². The molecule has 0 aliphatic carbocycles. The van der Waals surface area contributed by atoms with Crippen LogP contribution in [0.5, 0.6) is 0 Å². The molecular weight excluding hydrogens is 529 g/mol. The van der Waals surface area contributed by atoms with Crippen molar-refractivity contribution in [1.82, 2.24) is 39.6 Å². The number of nitrogens with one attached hydrogen (secondary N) is 1. The Morgan fingerprint density at radius 2 is 1.95 bits per heavy atom. The van der Waals surface area contributed by atoms with Gasteiger partial charge in [-0.1, -0.05) is 13.8 Å². The topological polar surface area (TPSA) is 95.3 Å². The molecule has 0 saturated carbocycles. The van der Waals surface area contributed by atoms with Gasteiger partial charge in [0.2, 0.25) is 5.91 Å². The number of thiazole rings is 1. The summed E-state index contributed by atoms with van der Waals surface area (Å²) in [6, 6.07) is 1.78. The Bertz CT molecular complexity index is 1450. The van der Waals surface area contributed by atoms with Crippen molar-refractivity contribution in [3.63, 3.8) is 0 Å². The number of aromatic nitrogens is 6. The number of aryl methyl sites for hydroxylation is 1. The fraction of sp³-hybridized carbons (Fsp3) is 0.500. The molecule has 9 nitrogen and oxygen atoms in total. The molecule has 1 aliphatic rings. The van der Waals surface area contributed by atoms with Crippen molar-refractivity contribution in [2.75, 3.05) is 32.7 Å². The molecule has 4 aromatic rings. The van der Waals surface area contributed by atoms with E-state index in [1.807, 2.05) is 25.7 Å². The average molecular weight is 561 g/mol. The number of likely N-dealkylation sites (tertiary alicyclic amines) is 1. The zero-order valence-electron chi connectivity index (χ0n) is 22.1. The number of fused-ring (bicyclic) bond motifs is 1. The third-order valence-electron chi connectivity index (χ3n) is 7.32. The standard InChI is InChI=1S/C26H31F3N8OS/c1-4-35(5-2)14-21(38)36-8-6-17(7-9-36)20-12-30-25(39-20)23-19(11-26(27,28)29)22(33-34-23)18-10-16(3)24-31-15-32-37(24)13-18/h10,12-13,15,17H,4-9,11,14H2,1-3H3,(H,33,34). The van der Waals surface area contributed by atoms with Crippen LogP contribution in [0.1, 0.15) is 48.6 Å². The normalized spacial score (nSPS) is 15.1. The summed E-state index contributed by atoms with van der Waals surface area (Å²) in [4.78, 5) is 26.4. The molecule has 13 heteroatoms. The van der Waals surface area contributed by atoms with Gasteiger partial charge in [-0.2, -0.15) is 23.4 Å². The van der Waals surface area contributed by atoms with Gasteiger partial charge in [-0.25, -0.2) is 14.5 Å². The van der Waals surface area contributed by atoms with Gasteiger partial charge in [0.15, 0.2) is 5.65 Å². The largest absolute Gasteiger partial charge is 0.393 e. The monoisotopic (exact) mass is 560 g/mol. The second-order valence-electron chi connectivity index (χ2n) is 9.84. The van der Waals surface area contributed by atoms with E-state index in [2.05, 4.69) is 30.2 Å². The van der Waals surface area contributed by atoms with Gasteiger partial charge in [-0.05, 0) is 50.4 Å². The van der Waals surface area contributed by atoms with Crippen molar-refractivity contribution in [2.45, 2.75) is 52.1 Å². The van der Waals surface area contributed by atoms with E-state index in [0.717, 1.165) is 36.4 Å². The Kier molecular flexibility index (Phi) is 7.72. The molecule has 5 rings (SSSR count). The number of carbonyl (C=O) groups excluding carboxylic acids is 1. The van der Waals surface area contributed by atoms with Crippen molar-refractivity contribution < 1.29 is 18.0 Å². The van der Waals surface area contributed by atoms with Gasteiger partial charge in [0.1, 0.15) is 17.0 Å². The van der Waals surface area contributed by atoms with E-state index in [4.69, 9.17) is 0 Å². The summed E-state index contributed by atoms with van der Waals surface area (Å²) >= 11 is 1.38. The number of rotatable bonds is 8. The average Bonchev–Trinajstić information content (AvgIpc) is 3.66. The van der Waals surface area contributed by atoms with Crippen molar-refractivity contribution in [3.8, 4) is 22.0 Å². The highest BCUT2D eigenvalue weighted by Gasteiger charge is 2.34. The summed E-state index contributed by atoms with van der Waals surface area (Å²) in [5.41, 5.74) is 2.53. The highest BCUT2D eigenvalue weighted by molar-refractivity contribution is 7.15. The molecular formula is C26H31F3N8OS. The molecule has 1 amide bonds. The minimum Gasteiger partial charge on any atom is -0.342 e. The molecule has 0 atom stereocenters. The van der Waals surface area contributed by atoms with Crippen LogP contribution in [-0.4, -0.2) is 84.4 Å². The van der Waals surface area contributed by atoms with Crippen LogP contribution in [0.4, 0.5) is 13.2 Å². The molecule has 0 unspecified atom stereocenters. The van der Waals surface area contributed by atoms with E-state index in [1.54, 1.807) is 23.0 Å². The third-order valence-corrected chi connectivity index (χ3v) is 8.49. The van der Waals surface area contributed by atoms with Gasteiger partial charge < -0.3 is 4.90 Å². The minimum absolute atomic E-state index is 0.0547. The second-order valence-corrected chi connectivity index (χ2v) is 10.9. The Balaban J connectivity index is 1.37. The lowest BCUT2D eigenvalue weighted by Gasteiger charge is -2.32. The summed E-state index contributed by atoms with van der Waals surface area (Å²) in [6.07, 6.45) is 0.830. The number of piperidine rings is 1. The molecule has 1 fully saturated rings. The first-order chi connectivity index (χ1) is 18.7. The van der Waals surface area contributed by atoms with E-state index < -0.39 is 12.6 Å². The quantitative estimate of drug-likeness (QED) is 0.336. The summed E-state index contributed by atoms with van der Waals surface area (Å²) in [7, 11) is 0. The number of hydrogen-bond acceptors (Lipinski definition) is 7. The van der Waals surface area contributed by atoms with Crippen LogP contribution in [0.3, 0.4) is 0 Å². The number of pyridine rings is 1. The maximum atomic E-state index is 13.7. The molecule has 0 radical (unpaired) electrons. The number of aromatic amines is 1. The van der Waals surface area contributed by atoms with E-state index in [9.17, 15) is 18.0 Å². The number of carbonyl (C=O) groups is 1. The Hall–Kier alpha value is -3.32. The van der Waals surface area contributed by atoms with Gasteiger partial charge in [0, 0.05) is 41.5 Å². The van der Waals surface area contributed by atoms with Gasteiger partial charge in [-0.3, -0.25) is 14.8 Å². The molecule has 0 bridgehead atoms. The SMILES string of the molecule is CCN(CC)CC(=O)N1CCC(c2cnc(-c3n[nH]c(-c4cc(C)c5ncnn5c4)c3CC(F)(F)F)s2)CC1. The number of hydrogen-bond donors (Lipinski definition) is 1. The Morgan fingerprint density at radius 1 is 1.21 bits per heavy atom. The summed E-state index contributed by atoms with van der Waals surface area (Å²) in [5.74, 6) is 0.345. The lowest BCUT2D eigenvalue weighted by Crippen LogP contribution is -2.43. The maximum Gasteiger partial charge on any atom is 0.393 e. The van der Waals surface area contributed by atoms with Crippen LogP contribution < -0.4 is 0 Å². The maximum absolute atomic E-state index is 13.7. The third kappa shape index (κ3) is 5.83. The molecule has 208 valence electrons. The number of H-pyrrole nitrogens is 1. The zero-order valence-corrected chi connectivity index (χ0v) is 22.9. The van der Waals surface area contributed by atoms with Crippen LogP contribution in [-0.2, 0) is 11.2 Å². The lowest BCUT2D eigenvalue weighted by atomic mass is 9.96. The first-order valence-corrected chi connectivity index (χ1v) is 13.9. The van der Waals surface area contributed by atoms with Crippen LogP contribution >= 0.6 is 11.3 Å². The molecule has 1 aliphatic heterocycles. The van der Waals surface area contributed by atoms with E-state index in [1.165, 1.54) is 17.7 Å². The number of halogens is 3. The smallest absolute Gasteiger partial charge is 0.342 e. The van der Waals surface area contributed by atoms with Gasteiger partial charge in [0.05, 0.1) is 18.7 Å². The van der Waals surface area contributed by atoms with Crippen LogP contribution in [0.2, 0.25) is 0 Å². The number of amides is 1. The van der Waals surface area contributed by atoms with E-state index in [-0.39, 0.29) is 23.1 Å². The van der Waals surface area contributed by atoms with Crippen molar-refractivity contribution in [3.05, 3.63) is 40.8 Å². The molecule has 0 spiro atoms. The predicted molar refractivity (Wildman–Crippen MR) is 143 cm³/mol. The minimum atomic E-state index is -4.43. The predicted octanol–water partition coefficient (Wildman–Crippen LogP) is 4.70. The zero-order chi connectivity index (χ0) is 27.7. The second kappa shape index (κ2) is 11.0. The van der Waals surface area contributed by atoms with Crippen LogP contribution in [0.15, 0.2) is 24.8 Å². The summed E-state index contributed by atoms with van der Waals surface area (Å²) in [5, 5.41) is 11.7. The molecule has 1 saturated heterocycles. The highest BCUT2D eigenvalue weighted by Crippen LogP contribution is 2.39. The number of alkyl halides is 3. The molecule has 1 N–H and O–H groups in total. The molecule has 39 heavy (non-hydrogen) atoms. The van der Waals surface area contributed by atoms with E-state index in [0.29, 0.717) is 41.5 Å². The fourth-order valence-electron chi connectivity index (χ4n) is 5.12. The Labute approximate surface area is 228 Å². The van der Waals surface area contributed by atoms with Crippen molar-refractivity contribution in [1.29, 1.82) is 0 Å². The highest BCUT2D eigenvalue weighted by atomic mass is 32.1. The first kappa shape index (κ1) is 27.3. The molecule has 5 heterocycles. The van der Waals surface area contributed by atoms with Gasteiger partial charge in [0.25, 0.3) is 0 Å². The molecule has 0 aromatic carbocycles. The van der Waals surface area contributed by atoms with Gasteiger partial charge in [-0.15, -0.1) is 11.3 Å². The van der Waals surface area contributed by atoms with Crippen molar-refractivity contribution >= 4 is 22.9 Å². The van der Waals surface area contributed by atoms with Crippen LogP contribution in [0, 0.1) is 6.92 Å². The lowest BCUT2D eigenvalue weighted by molar-refractivity contribution is -0.133. The first-order valence-electron chi connectivity index (χ1n) is 13.1. The van der Waals surface area contributed by atoms with Gasteiger partial charge >= 0.3 is 6.18 Å². The Morgan fingerprint density at radius 3 is 2.64 bits per heavy atom. The summed E-state index contributed by atoms with van der Waals surface area (Å²) < 4.78 is 42.6. The van der Waals surface area contributed by atoms with Crippen molar-refractivity contribution in [2.24, 2.45) is 0 Å². The summed E-state index contributed by atoms with van der Waals surface area (Å²) in [6.45, 7) is 9.35. The number of likely N-dealkylation sites (N-methyl/N-ethyl adjacent to an activating group) is 1. The van der Waals surface area contributed by atoms with Crippen LogP contribution in [0.25, 0.3) is 27.6 Å². The number of nitrogens with zero attached hydrogens (tertiary/aromatic N) is 7.